The first-order chi connectivity index (χ1) is 20.6. The van der Waals surface area contributed by atoms with Gasteiger partial charge in [0.2, 0.25) is 0 Å². The molecule has 0 bridgehead atoms. The number of allylic oxidation sites excluding steroid dienone is 6. The molecule has 0 amide bonds. The van der Waals surface area contributed by atoms with Crippen molar-refractivity contribution in [3.05, 3.63) is 36.5 Å². The highest BCUT2D eigenvalue weighted by molar-refractivity contribution is 5.70. The summed E-state index contributed by atoms with van der Waals surface area (Å²) in [5, 5.41) is 9.50. The van der Waals surface area contributed by atoms with E-state index < -0.39 is 6.10 Å². The molecule has 244 valence electrons. The van der Waals surface area contributed by atoms with Crippen LogP contribution in [0.5, 0.6) is 0 Å². The van der Waals surface area contributed by atoms with Crippen molar-refractivity contribution in [2.24, 2.45) is 0 Å². The van der Waals surface area contributed by atoms with Gasteiger partial charge < -0.3 is 14.6 Å². The Morgan fingerprint density at radius 2 is 0.976 bits per heavy atom. The van der Waals surface area contributed by atoms with E-state index in [2.05, 4.69) is 50.3 Å². The smallest absolute Gasteiger partial charge is 0.306 e. The van der Waals surface area contributed by atoms with Gasteiger partial charge in [0.15, 0.2) is 6.10 Å². The van der Waals surface area contributed by atoms with Crippen molar-refractivity contribution < 1.29 is 24.2 Å². The maximum Gasteiger partial charge on any atom is 0.306 e. The zero-order chi connectivity index (χ0) is 30.8. The lowest BCUT2D eigenvalue weighted by molar-refractivity contribution is -0.161. The minimum atomic E-state index is -0.792. The minimum absolute atomic E-state index is 0.0838. The summed E-state index contributed by atoms with van der Waals surface area (Å²) >= 11 is 0. The fourth-order valence-corrected chi connectivity index (χ4v) is 4.74. The summed E-state index contributed by atoms with van der Waals surface area (Å²) in [7, 11) is 0. The van der Waals surface area contributed by atoms with Gasteiger partial charge in [0.05, 0.1) is 6.61 Å². The van der Waals surface area contributed by atoms with Crippen LogP contribution in [0.4, 0.5) is 0 Å². The largest absolute Gasteiger partial charge is 0.462 e. The van der Waals surface area contributed by atoms with Crippen LogP contribution < -0.4 is 0 Å². The zero-order valence-corrected chi connectivity index (χ0v) is 27.5. The molecule has 1 atom stereocenters. The summed E-state index contributed by atoms with van der Waals surface area (Å²) in [4.78, 5) is 24.1. The molecular weight excluding hydrogens is 524 g/mol. The molecule has 0 saturated heterocycles. The van der Waals surface area contributed by atoms with Gasteiger partial charge in [0.1, 0.15) is 6.61 Å². The van der Waals surface area contributed by atoms with Crippen molar-refractivity contribution in [1.29, 1.82) is 0 Å². The van der Waals surface area contributed by atoms with Crippen LogP contribution in [-0.2, 0) is 19.1 Å². The highest BCUT2D eigenvalue weighted by Crippen LogP contribution is 2.12. The Bertz CT molecular complexity index is 682. The second-order valence-corrected chi connectivity index (χ2v) is 11.6. The van der Waals surface area contributed by atoms with Crippen LogP contribution >= 0.6 is 0 Å². The lowest BCUT2D eigenvalue weighted by atomic mass is 10.1. The number of ether oxygens (including phenoxy) is 2. The SMILES string of the molecule is CCCCCCCCC=CCC=CCC=CCCCC(=O)O[C@@H](CO)COC(=O)CCCCCCCCCCCCC. The number of rotatable bonds is 31. The summed E-state index contributed by atoms with van der Waals surface area (Å²) in [5.74, 6) is -0.652. The van der Waals surface area contributed by atoms with Crippen LogP contribution in [-0.4, -0.2) is 36.4 Å². The predicted molar refractivity (Wildman–Crippen MR) is 178 cm³/mol. The molecule has 0 unspecified atom stereocenters. The third-order valence-electron chi connectivity index (χ3n) is 7.44. The third-order valence-corrected chi connectivity index (χ3v) is 7.44. The van der Waals surface area contributed by atoms with Crippen LogP contribution in [0, 0.1) is 0 Å². The van der Waals surface area contributed by atoms with E-state index in [1.807, 2.05) is 0 Å². The number of hydrogen-bond acceptors (Lipinski definition) is 5. The molecule has 0 aliphatic carbocycles. The van der Waals surface area contributed by atoms with E-state index in [0.29, 0.717) is 12.8 Å². The minimum Gasteiger partial charge on any atom is -0.462 e. The Balaban J connectivity index is 3.68. The molecule has 1 N–H and O–H groups in total. The average molecular weight is 591 g/mol. The Hall–Kier alpha value is -1.88. The fraction of sp³-hybridized carbons (Fsp3) is 0.784. The highest BCUT2D eigenvalue weighted by atomic mass is 16.6. The van der Waals surface area contributed by atoms with Gasteiger partial charge in [-0.25, -0.2) is 0 Å². The molecule has 0 aliphatic rings. The molecule has 0 spiro atoms. The van der Waals surface area contributed by atoms with Crippen LogP contribution in [0.15, 0.2) is 36.5 Å². The topological polar surface area (TPSA) is 72.8 Å². The highest BCUT2D eigenvalue weighted by Gasteiger charge is 2.15. The van der Waals surface area contributed by atoms with Crippen molar-refractivity contribution >= 4 is 11.9 Å². The first-order valence-electron chi connectivity index (χ1n) is 17.5. The molecule has 0 aromatic carbocycles. The van der Waals surface area contributed by atoms with Crippen LogP contribution in [0.2, 0.25) is 0 Å². The summed E-state index contributed by atoms with van der Waals surface area (Å²) in [6.07, 6.45) is 39.2. The van der Waals surface area contributed by atoms with Crippen molar-refractivity contribution in [2.75, 3.05) is 13.2 Å². The molecule has 0 aromatic heterocycles. The fourth-order valence-electron chi connectivity index (χ4n) is 4.74. The standard InChI is InChI=1S/C37H66O5/c1-3-5-7-9-11-13-15-16-17-18-19-20-22-24-26-28-30-32-37(40)42-35(33-38)34-41-36(39)31-29-27-25-23-21-14-12-10-8-6-4-2/h16-17,19-20,24,26,35,38H,3-15,18,21-23,25,27-34H2,1-2H3/t35-/m0/s1. The number of carbonyl (C=O) groups is 2. The van der Waals surface area contributed by atoms with Crippen molar-refractivity contribution in [3.8, 4) is 0 Å². The van der Waals surface area contributed by atoms with Gasteiger partial charge >= 0.3 is 11.9 Å². The number of unbranched alkanes of at least 4 members (excludes halogenated alkanes) is 17. The van der Waals surface area contributed by atoms with Gasteiger partial charge in [0.25, 0.3) is 0 Å². The quantitative estimate of drug-likeness (QED) is 0.0494. The molecule has 5 nitrogen and oxygen atoms in total. The first kappa shape index (κ1) is 40.1. The molecule has 42 heavy (non-hydrogen) atoms. The molecule has 0 heterocycles. The summed E-state index contributed by atoms with van der Waals surface area (Å²) in [6.45, 7) is 4.07. The molecule has 0 aromatic rings. The molecule has 0 rings (SSSR count). The van der Waals surface area contributed by atoms with Crippen molar-refractivity contribution in [2.45, 2.75) is 174 Å². The number of aliphatic hydroxyl groups excluding tert-OH is 1. The van der Waals surface area contributed by atoms with Gasteiger partial charge in [-0.2, -0.15) is 0 Å². The van der Waals surface area contributed by atoms with Gasteiger partial charge in [-0.15, -0.1) is 0 Å². The van der Waals surface area contributed by atoms with E-state index in [1.165, 1.54) is 96.3 Å². The lowest BCUT2D eigenvalue weighted by Gasteiger charge is -2.15. The molecule has 0 saturated carbocycles. The summed E-state index contributed by atoms with van der Waals surface area (Å²) in [5.41, 5.74) is 0. The Morgan fingerprint density at radius 3 is 1.50 bits per heavy atom. The van der Waals surface area contributed by atoms with Gasteiger partial charge in [-0.05, 0) is 44.9 Å². The van der Waals surface area contributed by atoms with Gasteiger partial charge in [-0.1, -0.05) is 147 Å². The van der Waals surface area contributed by atoms with Gasteiger partial charge in [0, 0.05) is 12.8 Å². The number of carbonyl (C=O) groups excluding carboxylic acids is 2. The molecular formula is C37H66O5. The lowest BCUT2D eigenvalue weighted by Crippen LogP contribution is -2.28. The maximum atomic E-state index is 12.1. The normalized spacial score (nSPS) is 12.5. The number of aliphatic hydroxyl groups is 1. The second kappa shape index (κ2) is 33.6. The Labute approximate surface area is 259 Å². The predicted octanol–water partition coefficient (Wildman–Crippen LogP) is 10.5. The molecule has 5 heteroatoms. The first-order valence-corrected chi connectivity index (χ1v) is 17.5. The maximum absolute atomic E-state index is 12.1. The molecule has 0 radical (unpaired) electrons. The van der Waals surface area contributed by atoms with Crippen molar-refractivity contribution in [1.82, 2.24) is 0 Å². The number of hydrogen-bond donors (Lipinski definition) is 1. The van der Waals surface area contributed by atoms with E-state index >= 15 is 0 Å². The second-order valence-electron chi connectivity index (χ2n) is 11.6. The van der Waals surface area contributed by atoms with E-state index in [-0.39, 0.29) is 31.6 Å². The average Bonchev–Trinajstić information content (AvgIpc) is 2.99. The van der Waals surface area contributed by atoms with E-state index in [1.54, 1.807) is 0 Å². The monoisotopic (exact) mass is 590 g/mol. The summed E-state index contributed by atoms with van der Waals surface area (Å²) < 4.78 is 10.5. The summed E-state index contributed by atoms with van der Waals surface area (Å²) in [6, 6.07) is 0. The zero-order valence-electron chi connectivity index (χ0n) is 27.5. The Morgan fingerprint density at radius 1 is 0.548 bits per heavy atom. The third kappa shape index (κ3) is 31.1. The van der Waals surface area contributed by atoms with E-state index in [0.717, 1.165) is 38.5 Å². The number of esters is 2. The van der Waals surface area contributed by atoms with Crippen molar-refractivity contribution in [3.63, 3.8) is 0 Å². The van der Waals surface area contributed by atoms with Gasteiger partial charge in [-0.3, -0.25) is 9.59 Å². The van der Waals surface area contributed by atoms with Crippen LogP contribution in [0.3, 0.4) is 0 Å². The molecule has 0 aliphatic heterocycles. The van der Waals surface area contributed by atoms with E-state index in [9.17, 15) is 14.7 Å². The molecule has 0 fully saturated rings. The van der Waals surface area contributed by atoms with E-state index in [4.69, 9.17) is 9.47 Å². The van der Waals surface area contributed by atoms with Crippen LogP contribution in [0.1, 0.15) is 168 Å². The Kier molecular flexibility index (Phi) is 32.1. The van der Waals surface area contributed by atoms with Crippen LogP contribution in [0.25, 0.3) is 0 Å².